The van der Waals surface area contributed by atoms with Gasteiger partial charge in [-0.3, -0.25) is 4.79 Å². The molecule has 0 radical (unpaired) electrons. The molecule has 0 saturated carbocycles. The molecule has 0 saturated heterocycles. The summed E-state index contributed by atoms with van der Waals surface area (Å²) in [5, 5.41) is 7.39. The molecular formula is C25H29F3N6O2. The average Bonchev–Trinajstić information content (AvgIpc) is 3.47. The monoisotopic (exact) mass is 502 g/mol. The van der Waals surface area contributed by atoms with Gasteiger partial charge >= 0.3 is 6.18 Å². The molecule has 192 valence electrons. The first kappa shape index (κ1) is 24.5. The Kier molecular flexibility index (Phi) is 6.59. The van der Waals surface area contributed by atoms with Crippen LogP contribution in [0.3, 0.4) is 0 Å². The van der Waals surface area contributed by atoms with E-state index in [9.17, 15) is 18.0 Å². The molecule has 2 aromatic heterocycles. The maximum absolute atomic E-state index is 13.1. The molecule has 11 heteroatoms. The summed E-state index contributed by atoms with van der Waals surface area (Å²) in [7, 11) is 1.68. The van der Waals surface area contributed by atoms with Crippen molar-refractivity contribution in [2.75, 3.05) is 7.11 Å². The summed E-state index contributed by atoms with van der Waals surface area (Å²) in [5.41, 5.74) is 2.99. The molecule has 1 aromatic carbocycles. The fraction of sp³-hybridized carbons (Fsp3) is 0.520. The van der Waals surface area contributed by atoms with Gasteiger partial charge in [0.1, 0.15) is 17.3 Å². The van der Waals surface area contributed by atoms with Gasteiger partial charge < -0.3 is 14.6 Å². The number of amides is 1. The number of nitrogens with one attached hydrogen (secondary N) is 1. The Morgan fingerprint density at radius 1 is 1.17 bits per heavy atom. The normalized spacial score (nSPS) is 19.6. The molecule has 3 aromatic rings. The fourth-order valence-electron chi connectivity index (χ4n) is 4.96. The fourth-order valence-corrected chi connectivity index (χ4v) is 4.96. The lowest BCUT2D eigenvalue weighted by Gasteiger charge is -2.24. The van der Waals surface area contributed by atoms with E-state index in [1.54, 1.807) is 11.8 Å². The Hall–Kier alpha value is -3.21. The van der Waals surface area contributed by atoms with Gasteiger partial charge in [0, 0.05) is 38.6 Å². The maximum atomic E-state index is 13.1. The van der Waals surface area contributed by atoms with Crippen LogP contribution in [-0.2, 0) is 43.6 Å². The second-order valence-corrected chi connectivity index (χ2v) is 9.37. The first-order chi connectivity index (χ1) is 17.3. The van der Waals surface area contributed by atoms with Crippen molar-refractivity contribution in [1.82, 2.24) is 29.6 Å². The highest BCUT2D eigenvalue weighted by Gasteiger charge is 2.42. The molecule has 0 unspecified atom stereocenters. The van der Waals surface area contributed by atoms with Crippen molar-refractivity contribution in [2.24, 2.45) is 5.92 Å². The number of alkyl halides is 3. The molecule has 5 rings (SSSR count). The standard InChI is InChI=1S/C25H29F3N6O2/c1-3-19-22(33-14-18(36-2)8-9-20(33)30-19)24(35)29-13-15-4-6-16(7-5-15)23-31-21-12-17(25(26,27)28)10-11-34(21)32-23/h4-7,17-18H,3,8-14H2,1-2H3,(H,29,35)/t17-,18-/m0/s1. The number of rotatable bonds is 6. The highest BCUT2D eigenvalue weighted by Crippen LogP contribution is 2.35. The Balaban J connectivity index is 1.25. The van der Waals surface area contributed by atoms with Crippen molar-refractivity contribution in [3.05, 3.63) is 52.9 Å². The molecule has 8 nitrogen and oxygen atoms in total. The van der Waals surface area contributed by atoms with E-state index >= 15 is 0 Å². The summed E-state index contributed by atoms with van der Waals surface area (Å²) >= 11 is 0. The number of aryl methyl sites for hydroxylation is 3. The van der Waals surface area contributed by atoms with Crippen molar-refractivity contribution < 1.29 is 22.7 Å². The predicted molar refractivity (Wildman–Crippen MR) is 125 cm³/mol. The first-order valence-electron chi connectivity index (χ1n) is 12.3. The summed E-state index contributed by atoms with van der Waals surface area (Å²) in [6, 6.07) is 7.38. The van der Waals surface area contributed by atoms with Crippen molar-refractivity contribution in [3.63, 3.8) is 0 Å². The number of carbonyl (C=O) groups excluding carboxylic acids is 1. The molecule has 0 aliphatic carbocycles. The number of nitrogens with zero attached hydrogens (tertiary/aromatic N) is 5. The molecule has 2 atom stereocenters. The van der Waals surface area contributed by atoms with Crippen LogP contribution in [0.1, 0.15) is 53.2 Å². The van der Waals surface area contributed by atoms with Gasteiger partial charge in [-0.2, -0.15) is 18.3 Å². The van der Waals surface area contributed by atoms with Gasteiger partial charge in [0.25, 0.3) is 5.91 Å². The second-order valence-electron chi connectivity index (χ2n) is 9.37. The van der Waals surface area contributed by atoms with Crippen LogP contribution in [0.4, 0.5) is 13.2 Å². The molecule has 1 N–H and O–H groups in total. The summed E-state index contributed by atoms with van der Waals surface area (Å²) in [6.07, 6.45) is -1.95. The predicted octanol–water partition coefficient (Wildman–Crippen LogP) is 3.72. The SMILES string of the molecule is CCc1nc2n(c1C(=O)NCc1ccc(-c3nc4n(n3)CC[C@H](C(F)(F)F)C4)cc1)C[C@@H](OC)CC2. The number of carbonyl (C=O) groups is 1. The molecule has 4 heterocycles. The van der Waals surface area contributed by atoms with Gasteiger partial charge in [-0.1, -0.05) is 31.2 Å². The zero-order valence-electron chi connectivity index (χ0n) is 20.3. The third kappa shape index (κ3) is 4.76. The molecule has 36 heavy (non-hydrogen) atoms. The minimum atomic E-state index is -4.22. The number of aromatic nitrogens is 5. The first-order valence-corrected chi connectivity index (χ1v) is 12.3. The minimum Gasteiger partial charge on any atom is -0.380 e. The van der Waals surface area contributed by atoms with Crippen LogP contribution in [0.5, 0.6) is 0 Å². The van der Waals surface area contributed by atoms with Gasteiger partial charge in [0.2, 0.25) is 0 Å². The van der Waals surface area contributed by atoms with Crippen LogP contribution in [-0.4, -0.2) is 49.6 Å². The quantitative estimate of drug-likeness (QED) is 0.555. The molecule has 1 amide bonds. The third-order valence-corrected chi connectivity index (χ3v) is 7.07. The van der Waals surface area contributed by atoms with Gasteiger partial charge in [0.05, 0.1) is 24.3 Å². The van der Waals surface area contributed by atoms with E-state index in [4.69, 9.17) is 4.74 Å². The van der Waals surface area contributed by atoms with E-state index < -0.39 is 12.1 Å². The van der Waals surface area contributed by atoms with Crippen LogP contribution in [0.25, 0.3) is 11.4 Å². The lowest BCUT2D eigenvalue weighted by Crippen LogP contribution is -2.32. The lowest BCUT2D eigenvalue weighted by molar-refractivity contribution is -0.179. The van der Waals surface area contributed by atoms with E-state index in [2.05, 4.69) is 20.4 Å². The third-order valence-electron chi connectivity index (χ3n) is 7.07. The number of imidazole rings is 1. The van der Waals surface area contributed by atoms with Crippen molar-refractivity contribution in [1.29, 1.82) is 0 Å². The van der Waals surface area contributed by atoms with E-state index in [0.717, 1.165) is 35.5 Å². The number of halogens is 3. The Morgan fingerprint density at radius 2 is 1.94 bits per heavy atom. The number of fused-ring (bicyclic) bond motifs is 2. The summed E-state index contributed by atoms with van der Waals surface area (Å²) in [5.74, 6) is 0.152. The number of ether oxygens (including phenoxy) is 1. The van der Waals surface area contributed by atoms with E-state index in [0.29, 0.717) is 36.9 Å². The number of hydrogen-bond donors (Lipinski definition) is 1. The van der Waals surface area contributed by atoms with Crippen molar-refractivity contribution >= 4 is 5.91 Å². The maximum Gasteiger partial charge on any atom is 0.392 e. The van der Waals surface area contributed by atoms with Gasteiger partial charge in [0.15, 0.2) is 5.82 Å². The van der Waals surface area contributed by atoms with Crippen LogP contribution < -0.4 is 5.32 Å². The molecule has 0 bridgehead atoms. The zero-order chi connectivity index (χ0) is 25.4. The van der Waals surface area contributed by atoms with Crippen LogP contribution in [0.2, 0.25) is 0 Å². The number of methoxy groups -OCH3 is 1. The summed E-state index contributed by atoms with van der Waals surface area (Å²) in [6.45, 7) is 3.14. The largest absolute Gasteiger partial charge is 0.392 e. The van der Waals surface area contributed by atoms with Crippen LogP contribution in [0, 0.1) is 5.92 Å². The average molecular weight is 503 g/mol. The molecular weight excluding hydrogens is 473 g/mol. The molecule has 0 spiro atoms. The van der Waals surface area contributed by atoms with Crippen LogP contribution >= 0.6 is 0 Å². The second kappa shape index (κ2) is 9.68. The number of hydrogen-bond acceptors (Lipinski definition) is 5. The van der Waals surface area contributed by atoms with E-state index in [1.807, 2.05) is 35.8 Å². The number of benzene rings is 1. The summed E-state index contributed by atoms with van der Waals surface area (Å²) < 4.78 is 48.3. The smallest absolute Gasteiger partial charge is 0.380 e. The zero-order valence-corrected chi connectivity index (χ0v) is 20.3. The topological polar surface area (TPSA) is 86.9 Å². The minimum absolute atomic E-state index is 0.0181. The Bertz CT molecular complexity index is 1250. The van der Waals surface area contributed by atoms with Crippen molar-refractivity contribution in [3.8, 4) is 11.4 Å². The lowest BCUT2D eigenvalue weighted by atomic mass is 9.98. The van der Waals surface area contributed by atoms with Gasteiger partial charge in [-0.25, -0.2) is 14.6 Å². The molecule has 0 fully saturated rings. The Labute approximate surface area is 206 Å². The van der Waals surface area contributed by atoms with Crippen molar-refractivity contribution in [2.45, 2.75) is 70.9 Å². The van der Waals surface area contributed by atoms with Crippen LogP contribution in [0.15, 0.2) is 24.3 Å². The van der Waals surface area contributed by atoms with E-state index in [1.165, 1.54) is 0 Å². The van der Waals surface area contributed by atoms with Gasteiger partial charge in [-0.05, 0) is 24.8 Å². The molecule has 2 aliphatic heterocycles. The highest BCUT2D eigenvalue weighted by atomic mass is 19.4. The highest BCUT2D eigenvalue weighted by molar-refractivity contribution is 5.94. The molecule has 2 aliphatic rings. The van der Waals surface area contributed by atoms with Gasteiger partial charge in [-0.15, -0.1) is 0 Å². The Morgan fingerprint density at radius 3 is 2.64 bits per heavy atom. The van der Waals surface area contributed by atoms with E-state index in [-0.39, 0.29) is 31.4 Å². The summed E-state index contributed by atoms with van der Waals surface area (Å²) in [4.78, 5) is 22.1.